The van der Waals surface area contributed by atoms with Gasteiger partial charge in [0.05, 0.1) is 12.4 Å². The van der Waals surface area contributed by atoms with Crippen LogP contribution in [0.3, 0.4) is 0 Å². The molecule has 1 radical (unpaired) electrons. The number of rotatable bonds is 7. The molecule has 0 unspecified atom stereocenters. The van der Waals surface area contributed by atoms with E-state index in [0.29, 0.717) is 19.6 Å². The molecule has 0 saturated carbocycles. The van der Waals surface area contributed by atoms with Gasteiger partial charge in [-0.25, -0.2) is 13.1 Å². The van der Waals surface area contributed by atoms with E-state index in [1.165, 1.54) is 0 Å². The summed E-state index contributed by atoms with van der Waals surface area (Å²) in [4.78, 5) is 0. The average Bonchev–Trinajstić information content (AvgIpc) is 2.30. The molecule has 0 aliphatic heterocycles. The van der Waals surface area contributed by atoms with Gasteiger partial charge in [0.25, 0.3) is 0 Å². The van der Waals surface area contributed by atoms with Crippen LogP contribution in [0.25, 0.3) is 0 Å². The zero-order chi connectivity index (χ0) is 11.9. The molecule has 0 atom stereocenters. The summed E-state index contributed by atoms with van der Waals surface area (Å²) >= 11 is 0. The van der Waals surface area contributed by atoms with Crippen molar-refractivity contribution in [3.63, 3.8) is 0 Å². The van der Waals surface area contributed by atoms with Crippen LogP contribution in [0, 0.1) is 6.07 Å². The standard InChI is InChI=1S/C11H16NO3S/c1-2-16(13,14)12-9-6-10-15-11-7-4-3-5-8-11/h4-5,7-8,12H,2,6,9-10H2,1H3. The van der Waals surface area contributed by atoms with Crippen LogP contribution in [0.15, 0.2) is 24.3 Å². The number of hydrogen-bond donors (Lipinski definition) is 1. The predicted octanol–water partition coefficient (Wildman–Crippen LogP) is 1.19. The van der Waals surface area contributed by atoms with Gasteiger partial charge in [0.2, 0.25) is 10.0 Å². The number of hydrogen-bond acceptors (Lipinski definition) is 3. The predicted molar refractivity (Wildman–Crippen MR) is 62.9 cm³/mol. The first-order chi connectivity index (χ1) is 7.64. The lowest BCUT2D eigenvalue weighted by Crippen LogP contribution is -2.27. The molecule has 4 nitrogen and oxygen atoms in total. The summed E-state index contributed by atoms with van der Waals surface area (Å²) in [7, 11) is -3.08. The molecule has 0 fully saturated rings. The van der Waals surface area contributed by atoms with Crippen LogP contribution in [-0.2, 0) is 10.0 Å². The van der Waals surface area contributed by atoms with Crippen molar-refractivity contribution in [2.75, 3.05) is 18.9 Å². The van der Waals surface area contributed by atoms with E-state index in [0.717, 1.165) is 5.75 Å². The summed E-state index contributed by atoms with van der Waals surface area (Å²) in [6, 6.07) is 10.1. The maximum atomic E-state index is 11.1. The van der Waals surface area contributed by atoms with Crippen molar-refractivity contribution < 1.29 is 13.2 Å². The number of benzene rings is 1. The lowest BCUT2D eigenvalue weighted by Gasteiger charge is -2.06. The second-order valence-electron chi connectivity index (χ2n) is 3.24. The molecule has 1 rings (SSSR count). The summed E-state index contributed by atoms with van der Waals surface area (Å²) in [6.07, 6.45) is 0.651. The second-order valence-corrected chi connectivity index (χ2v) is 5.33. The Balaban J connectivity index is 2.14. The van der Waals surface area contributed by atoms with Crippen LogP contribution in [0.1, 0.15) is 13.3 Å². The minimum atomic E-state index is -3.08. The molecule has 0 spiro atoms. The molecular formula is C11H16NO3S. The van der Waals surface area contributed by atoms with Crippen molar-refractivity contribution in [3.05, 3.63) is 30.3 Å². The fraction of sp³-hybridized carbons (Fsp3) is 0.455. The smallest absolute Gasteiger partial charge is 0.211 e. The first-order valence-electron chi connectivity index (χ1n) is 5.20. The highest BCUT2D eigenvalue weighted by atomic mass is 32.2. The Morgan fingerprint density at radius 1 is 1.38 bits per heavy atom. The average molecular weight is 242 g/mol. The van der Waals surface area contributed by atoms with E-state index in [1.807, 2.05) is 12.1 Å². The normalized spacial score (nSPS) is 11.3. The van der Waals surface area contributed by atoms with E-state index >= 15 is 0 Å². The third kappa shape index (κ3) is 5.14. The summed E-state index contributed by atoms with van der Waals surface area (Å²) < 4.78 is 30.0. The monoisotopic (exact) mass is 242 g/mol. The van der Waals surface area contributed by atoms with E-state index in [1.54, 1.807) is 19.1 Å². The molecule has 0 heterocycles. The highest BCUT2D eigenvalue weighted by molar-refractivity contribution is 7.89. The van der Waals surface area contributed by atoms with Gasteiger partial charge in [0, 0.05) is 6.54 Å². The van der Waals surface area contributed by atoms with Gasteiger partial charge in [-0.1, -0.05) is 12.1 Å². The van der Waals surface area contributed by atoms with Gasteiger partial charge < -0.3 is 4.74 Å². The Kier molecular flexibility index (Phi) is 5.28. The van der Waals surface area contributed by atoms with Gasteiger partial charge in [-0.05, 0) is 31.5 Å². The van der Waals surface area contributed by atoms with Crippen LogP contribution in [0.4, 0.5) is 0 Å². The van der Waals surface area contributed by atoms with Gasteiger partial charge >= 0.3 is 0 Å². The first-order valence-corrected chi connectivity index (χ1v) is 6.85. The van der Waals surface area contributed by atoms with Crippen LogP contribution in [-0.4, -0.2) is 27.3 Å². The molecule has 1 aromatic carbocycles. The van der Waals surface area contributed by atoms with Crippen LogP contribution < -0.4 is 9.46 Å². The van der Waals surface area contributed by atoms with Gasteiger partial charge in [0.1, 0.15) is 5.75 Å². The molecule has 0 aliphatic rings. The largest absolute Gasteiger partial charge is 0.494 e. The minimum absolute atomic E-state index is 0.113. The maximum absolute atomic E-state index is 11.1. The van der Waals surface area contributed by atoms with Crippen molar-refractivity contribution in [2.45, 2.75) is 13.3 Å². The molecule has 0 amide bonds. The summed E-state index contributed by atoms with van der Waals surface area (Å²) in [5.74, 6) is 0.889. The summed E-state index contributed by atoms with van der Waals surface area (Å²) in [6.45, 7) is 2.52. The quantitative estimate of drug-likeness (QED) is 0.731. The minimum Gasteiger partial charge on any atom is -0.494 e. The molecule has 89 valence electrons. The van der Waals surface area contributed by atoms with Crippen molar-refractivity contribution in [1.29, 1.82) is 0 Å². The fourth-order valence-electron chi connectivity index (χ4n) is 1.06. The summed E-state index contributed by atoms with van der Waals surface area (Å²) in [5.41, 5.74) is 0. The second kappa shape index (κ2) is 6.50. The Morgan fingerprint density at radius 2 is 2.06 bits per heavy atom. The van der Waals surface area contributed by atoms with Gasteiger partial charge in [-0.15, -0.1) is 0 Å². The third-order valence-corrected chi connectivity index (χ3v) is 3.38. The fourth-order valence-corrected chi connectivity index (χ4v) is 1.72. The molecule has 0 saturated heterocycles. The molecule has 1 N–H and O–H groups in total. The molecule has 1 aromatic rings. The maximum Gasteiger partial charge on any atom is 0.211 e. The Bertz CT molecular complexity index is 389. The molecule has 0 bridgehead atoms. The topological polar surface area (TPSA) is 55.4 Å². The molecule has 0 aliphatic carbocycles. The van der Waals surface area contributed by atoms with Crippen LogP contribution >= 0.6 is 0 Å². The molecule has 16 heavy (non-hydrogen) atoms. The Hall–Kier alpha value is -1.07. The van der Waals surface area contributed by atoms with Crippen LogP contribution in [0.2, 0.25) is 0 Å². The van der Waals surface area contributed by atoms with E-state index in [2.05, 4.69) is 10.8 Å². The van der Waals surface area contributed by atoms with E-state index in [4.69, 9.17) is 4.74 Å². The number of ether oxygens (including phenoxy) is 1. The lowest BCUT2D eigenvalue weighted by atomic mass is 10.3. The Morgan fingerprint density at radius 3 is 2.69 bits per heavy atom. The highest BCUT2D eigenvalue weighted by Gasteiger charge is 2.04. The molecular weight excluding hydrogens is 226 g/mol. The first kappa shape index (κ1) is 13.0. The van der Waals surface area contributed by atoms with Crippen LogP contribution in [0.5, 0.6) is 5.75 Å². The van der Waals surface area contributed by atoms with E-state index in [-0.39, 0.29) is 5.75 Å². The van der Waals surface area contributed by atoms with Gasteiger partial charge in [-0.2, -0.15) is 0 Å². The zero-order valence-corrected chi connectivity index (χ0v) is 10.1. The van der Waals surface area contributed by atoms with Gasteiger partial charge in [-0.3, -0.25) is 0 Å². The van der Waals surface area contributed by atoms with Crippen molar-refractivity contribution >= 4 is 10.0 Å². The van der Waals surface area contributed by atoms with E-state index < -0.39 is 10.0 Å². The summed E-state index contributed by atoms with van der Waals surface area (Å²) in [5, 5.41) is 0. The Labute approximate surface area is 96.7 Å². The number of nitrogens with one attached hydrogen (secondary N) is 1. The zero-order valence-electron chi connectivity index (χ0n) is 9.27. The van der Waals surface area contributed by atoms with E-state index in [9.17, 15) is 8.42 Å². The molecule has 0 aromatic heterocycles. The van der Waals surface area contributed by atoms with Crippen molar-refractivity contribution in [2.24, 2.45) is 0 Å². The number of sulfonamides is 1. The highest BCUT2D eigenvalue weighted by Crippen LogP contribution is 2.07. The van der Waals surface area contributed by atoms with Crippen molar-refractivity contribution in [3.8, 4) is 5.75 Å². The SMILES string of the molecule is CCS(=O)(=O)NCCCOc1cc[c]cc1. The van der Waals surface area contributed by atoms with Gasteiger partial charge in [0.15, 0.2) is 0 Å². The third-order valence-electron chi connectivity index (χ3n) is 1.98. The lowest BCUT2D eigenvalue weighted by molar-refractivity contribution is 0.311. The molecule has 5 heteroatoms. The van der Waals surface area contributed by atoms with Crippen molar-refractivity contribution in [1.82, 2.24) is 4.72 Å².